The summed E-state index contributed by atoms with van der Waals surface area (Å²) in [5.41, 5.74) is 2.89. The Balaban J connectivity index is 1.28. The lowest BCUT2D eigenvalue weighted by molar-refractivity contribution is 0.0948. The van der Waals surface area contributed by atoms with Crippen molar-refractivity contribution < 1.29 is 4.79 Å². The Hall–Kier alpha value is -4.01. The van der Waals surface area contributed by atoms with Gasteiger partial charge in [-0.3, -0.25) is 14.2 Å². The second-order valence-corrected chi connectivity index (χ2v) is 6.32. The summed E-state index contributed by atoms with van der Waals surface area (Å²) in [5.74, 6) is 1.11. The van der Waals surface area contributed by atoms with Crippen molar-refractivity contribution in [3.8, 4) is 0 Å². The minimum Gasteiger partial charge on any atom is -0.367 e. The van der Waals surface area contributed by atoms with Gasteiger partial charge in [0.15, 0.2) is 5.82 Å². The van der Waals surface area contributed by atoms with Gasteiger partial charge in [0, 0.05) is 37.4 Å². The van der Waals surface area contributed by atoms with E-state index in [0.717, 1.165) is 11.3 Å². The molecule has 4 rings (SSSR count). The maximum absolute atomic E-state index is 12.5. The first-order chi connectivity index (χ1) is 14.2. The number of nitrogens with one attached hydrogen (secondary N) is 3. The van der Waals surface area contributed by atoms with Gasteiger partial charge >= 0.3 is 0 Å². The van der Waals surface area contributed by atoms with E-state index in [0.29, 0.717) is 36.1 Å². The minimum atomic E-state index is -0.161. The molecule has 0 atom stereocenters. The van der Waals surface area contributed by atoms with Crippen molar-refractivity contribution in [2.24, 2.45) is 0 Å². The number of rotatable bonds is 7. The zero-order valence-electron chi connectivity index (χ0n) is 15.8. The van der Waals surface area contributed by atoms with Crippen molar-refractivity contribution >= 4 is 28.9 Å². The Morgan fingerprint density at radius 1 is 1.00 bits per heavy atom. The number of pyridine rings is 2. The predicted molar refractivity (Wildman–Crippen MR) is 110 cm³/mol. The van der Waals surface area contributed by atoms with Crippen LogP contribution in [0.1, 0.15) is 16.2 Å². The molecule has 0 aromatic carbocycles. The molecule has 9 heteroatoms. The molecule has 3 N–H and O–H groups in total. The number of carbonyl (C=O) groups is 1. The number of aromatic nitrogens is 5. The average molecular weight is 388 g/mol. The standard InChI is InChI=1S/C20H20N8O/c1-14-19(28-13-3-2-4-18(28)24-14)20(29)23-12-11-22-16-5-6-17(27-26-16)25-15-7-9-21-10-8-15/h2-10,13H,11-12H2,1H3,(H,22,26)(H,23,29)(H,21,25,27). The van der Waals surface area contributed by atoms with Gasteiger partial charge in [0.2, 0.25) is 0 Å². The molecular formula is C20H20N8O. The molecule has 146 valence electrons. The van der Waals surface area contributed by atoms with Crippen LogP contribution in [0.3, 0.4) is 0 Å². The fraction of sp³-hybridized carbons (Fsp3) is 0.150. The van der Waals surface area contributed by atoms with Gasteiger partial charge in [0.05, 0.1) is 5.69 Å². The van der Waals surface area contributed by atoms with Crippen LogP contribution in [0.15, 0.2) is 61.1 Å². The summed E-state index contributed by atoms with van der Waals surface area (Å²) in [6.07, 6.45) is 5.24. The molecule has 4 aromatic rings. The normalized spacial score (nSPS) is 10.7. The molecule has 0 unspecified atom stereocenters. The molecule has 0 radical (unpaired) electrons. The smallest absolute Gasteiger partial charge is 0.270 e. The Morgan fingerprint density at radius 3 is 2.59 bits per heavy atom. The highest BCUT2D eigenvalue weighted by Crippen LogP contribution is 2.13. The van der Waals surface area contributed by atoms with Gasteiger partial charge in [-0.1, -0.05) is 6.07 Å². The molecule has 29 heavy (non-hydrogen) atoms. The number of anilines is 3. The number of fused-ring (bicyclic) bond motifs is 1. The summed E-state index contributed by atoms with van der Waals surface area (Å²) in [4.78, 5) is 20.9. The van der Waals surface area contributed by atoms with E-state index in [1.807, 2.05) is 55.6 Å². The Morgan fingerprint density at radius 2 is 1.79 bits per heavy atom. The maximum atomic E-state index is 12.5. The highest BCUT2D eigenvalue weighted by molar-refractivity contribution is 5.94. The quantitative estimate of drug-likeness (QED) is 0.417. The summed E-state index contributed by atoms with van der Waals surface area (Å²) in [7, 11) is 0. The molecule has 4 aromatic heterocycles. The molecule has 0 saturated heterocycles. The van der Waals surface area contributed by atoms with E-state index in [9.17, 15) is 4.79 Å². The van der Waals surface area contributed by atoms with Crippen LogP contribution in [0.25, 0.3) is 5.65 Å². The lowest BCUT2D eigenvalue weighted by atomic mass is 10.3. The van der Waals surface area contributed by atoms with Crippen molar-refractivity contribution in [2.45, 2.75) is 6.92 Å². The SMILES string of the molecule is Cc1nc2ccccn2c1C(=O)NCCNc1ccc(Nc2ccncc2)nn1. The lowest BCUT2D eigenvalue weighted by Gasteiger charge is -2.08. The van der Waals surface area contributed by atoms with Crippen molar-refractivity contribution in [3.63, 3.8) is 0 Å². The third-order valence-corrected chi connectivity index (χ3v) is 4.25. The largest absolute Gasteiger partial charge is 0.367 e. The van der Waals surface area contributed by atoms with Crippen molar-refractivity contribution in [2.75, 3.05) is 23.7 Å². The van der Waals surface area contributed by atoms with Gasteiger partial charge in [-0.05, 0) is 43.3 Å². The molecule has 1 amide bonds. The van der Waals surface area contributed by atoms with Gasteiger partial charge in [-0.2, -0.15) is 0 Å². The van der Waals surface area contributed by atoms with Crippen LogP contribution < -0.4 is 16.0 Å². The van der Waals surface area contributed by atoms with Gasteiger partial charge in [-0.25, -0.2) is 4.98 Å². The molecule has 0 saturated carbocycles. The fourth-order valence-electron chi connectivity index (χ4n) is 2.91. The number of hydrogen-bond acceptors (Lipinski definition) is 7. The van der Waals surface area contributed by atoms with Crippen LogP contribution in [0.5, 0.6) is 0 Å². The summed E-state index contributed by atoms with van der Waals surface area (Å²) in [6.45, 7) is 2.79. The van der Waals surface area contributed by atoms with E-state index >= 15 is 0 Å². The second kappa shape index (κ2) is 8.34. The van der Waals surface area contributed by atoms with Gasteiger partial charge in [0.25, 0.3) is 5.91 Å². The van der Waals surface area contributed by atoms with Gasteiger partial charge < -0.3 is 16.0 Å². The van der Waals surface area contributed by atoms with Crippen LogP contribution in [-0.2, 0) is 0 Å². The highest BCUT2D eigenvalue weighted by atomic mass is 16.1. The fourth-order valence-corrected chi connectivity index (χ4v) is 2.91. The zero-order chi connectivity index (χ0) is 20.1. The molecule has 0 bridgehead atoms. The molecule has 0 aliphatic carbocycles. The van der Waals surface area contributed by atoms with E-state index < -0.39 is 0 Å². The van der Waals surface area contributed by atoms with E-state index in [1.165, 1.54) is 0 Å². The van der Waals surface area contributed by atoms with Crippen LogP contribution in [-0.4, -0.2) is 43.6 Å². The maximum Gasteiger partial charge on any atom is 0.270 e. The molecule has 4 heterocycles. The second-order valence-electron chi connectivity index (χ2n) is 6.32. The number of carbonyl (C=O) groups excluding carboxylic acids is 1. The lowest BCUT2D eigenvalue weighted by Crippen LogP contribution is -2.30. The van der Waals surface area contributed by atoms with Crippen LogP contribution in [0, 0.1) is 6.92 Å². The molecule has 0 aliphatic heterocycles. The Kier molecular flexibility index (Phi) is 5.28. The topological polar surface area (TPSA) is 109 Å². The first-order valence-electron chi connectivity index (χ1n) is 9.17. The van der Waals surface area contributed by atoms with E-state index in [2.05, 4.69) is 36.1 Å². The average Bonchev–Trinajstić information content (AvgIpc) is 3.09. The summed E-state index contributed by atoms with van der Waals surface area (Å²) >= 11 is 0. The number of amides is 1. The summed E-state index contributed by atoms with van der Waals surface area (Å²) < 4.78 is 1.79. The number of aryl methyl sites for hydroxylation is 1. The van der Waals surface area contributed by atoms with Crippen molar-refractivity contribution in [1.82, 2.24) is 29.9 Å². The molecular weight excluding hydrogens is 368 g/mol. The third-order valence-electron chi connectivity index (χ3n) is 4.25. The summed E-state index contributed by atoms with van der Waals surface area (Å²) in [5, 5.41) is 17.4. The van der Waals surface area contributed by atoms with Gasteiger partial charge in [0.1, 0.15) is 17.2 Å². The predicted octanol–water partition coefficient (Wildman–Crippen LogP) is 2.41. The third kappa shape index (κ3) is 4.29. The highest BCUT2D eigenvalue weighted by Gasteiger charge is 2.15. The number of nitrogens with zero attached hydrogens (tertiary/aromatic N) is 5. The first-order valence-corrected chi connectivity index (χ1v) is 9.17. The van der Waals surface area contributed by atoms with Crippen LogP contribution in [0.4, 0.5) is 17.3 Å². The van der Waals surface area contributed by atoms with Crippen molar-refractivity contribution in [1.29, 1.82) is 0 Å². The molecule has 0 aliphatic rings. The minimum absolute atomic E-state index is 0.161. The van der Waals surface area contributed by atoms with E-state index in [-0.39, 0.29) is 5.91 Å². The molecule has 9 nitrogen and oxygen atoms in total. The zero-order valence-corrected chi connectivity index (χ0v) is 15.8. The Labute approximate surface area is 167 Å². The summed E-state index contributed by atoms with van der Waals surface area (Å²) in [6, 6.07) is 13.0. The number of hydrogen-bond donors (Lipinski definition) is 3. The number of imidazole rings is 1. The van der Waals surface area contributed by atoms with E-state index in [4.69, 9.17) is 0 Å². The molecule has 0 fully saturated rings. The van der Waals surface area contributed by atoms with Crippen molar-refractivity contribution in [3.05, 3.63) is 72.4 Å². The monoisotopic (exact) mass is 388 g/mol. The van der Waals surface area contributed by atoms with E-state index in [1.54, 1.807) is 16.8 Å². The van der Waals surface area contributed by atoms with Gasteiger partial charge in [-0.15, -0.1) is 10.2 Å². The Bertz CT molecular complexity index is 1110. The van der Waals surface area contributed by atoms with Crippen LogP contribution >= 0.6 is 0 Å². The first kappa shape index (κ1) is 18.4. The molecule has 0 spiro atoms. The van der Waals surface area contributed by atoms with Crippen LogP contribution in [0.2, 0.25) is 0 Å².